The molecule has 1 N–H and O–H groups in total. The number of thiazole rings is 1. The Kier molecular flexibility index (Phi) is 4.09. The molecular weight excluding hydrogens is 400 g/mol. The molecule has 5 rings (SSSR count). The van der Waals surface area contributed by atoms with Crippen molar-refractivity contribution in [2.24, 2.45) is 5.92 Å². The molecule has 1 saturated heterocycles. The van der Waals surface area contributed by atoms with E-state index in [1.54, 1.807) is 10.7 Å². The molecule has 3 aromatic heterocycles. The Hall–Kier alpha value is -2.85. The van der Waals surface area contributed by atoms with E-state index in [1.807, 2.05) is 24.0 Å². The number of carbonyl (C=O) groups is 1. The number of nitrogens with zero attached hydrogens (tertiary/aromatic N) is 7. The summed E-state index contributed by atoms with van der Waals surface area (Å²) in [5.74, 6) is 0.522. The Morgan fingerprint density at radius 3 is 3.04 bits per heavy atom. The molecule has 0 atom stereocenters. The van der Waals surface area contributed by atoms with E-state index >= 15 is 0 Å². The van der Waals surface area contributed by atoms with Crippen molar-refractivity contribution >= 4 is 61.2 Å². The first-order valence-electron chi connectivity index (χ1n) is 8.78. The second kappa shape index (κ2) is 6.64. The van der Waals surface area contributed by atoms with Crippen molar-refractivity contribution in [2.75, 3.05) is 23.3 Å². The predicted molar refractivity (Wildman–Crippen MR) is 108 cm³/mol. The van der Waals surface area contributed by atoms with Gasteiger partial charge in [-0.1, -0.05) is 28.2 Å². The molecule has 1 aliphatic heterocycles. The lowest BCUT2D eigenvalue weighted by Gasteiger charge is -2.38. The Morgan fingerprint density at radius 1 is 1.36 bits per heavy atom. The minimum atomic E-state index is -0.137. The fourth-order valence-electron chi connectivity index (χ4n) is 3.20. The minimum absolute atomic E-state index is 0.0519. The maximum atomic E-state index is 12.6. The number of aryl methyl sites for hydroxylation is 1. The number of amides is 1. The predicted octanol–water partition coefficient (Wildman–Crippen LogP) is 2.58. The molecule has 9 nitrogen and oxygen atoms in total. The zero-order chi connectivity index (χ0) is 19.3. The Balaban J connectivity index is 1.28. The molecule has 28 heavy (non-hydrogen) atoms. The van der Waals surface area contributed by atoms with E-state index in [4.69, 9.17) is 11.6 Å². The second-order valence-corrected chi connectivity index (χ2v) is 7.96. The first kappa shape index (κ1) is 17.3. The summed E-state index contributed by atoms with van der Waals surface area (Å²) in [6.07, 6.45) is 1.51. The third kappa shape index (κ3) is 2.85. The maximum absolute atomic E-state index is 12.6. The highest BCUT2D eigenvalue weighted by molar-refractivity contribution is 7.22. The SMILES string of the molecule is CCn1nnc2c(N3CC(C(=O)Nc4nc5ccc(Cl)cc5s4)C3)ncnc21. The van der Waals surface area contributed by atoms with E-state index in [-0.39, 0.29) is 11.8 Å². The molecule has 1 fully saturated rings. The molecule has 142 valence electrons. The highest BCUT2D eigenvalue weighted by Gasteiger charge is 2.35. The van der Waals surface area contributed by atoms with Crippen LogP contribution in [0.15, 0.2) is 24.5 Å². The van der Waals surface area contributed by atoms with Gasteiger partial charge in [-0.3, -0.25) is 4.79 Å². The van der Waals surface area contributed by atoms with Gasteiger partial charge in [-0.05, 0) is 25.1 Å². The van der Waals surface area contributed by atoms with Crippen molar-refractivity contribution in [2.45, 2.75) is 13.5 Å². The topological polar surface area (TPSA) is 102 Å². The van der Waals surface area contributed by atoms with Gasteiger partial charge in [-0.25, -0.2) is 19.6 Å². The van der Waals surface area contributed by atoms with Crippen LogP contribution in [-0.2, 0) is 11.3 Å². The number of hydrogen-bond acceptors (Lipinski definition) is 8. The van der Waals surface area contributed by atoms with Gasteiger partial charge in [0, 0.05) is 24.7 Å². The molecule has 0 radical (unpaired) electrons. The van der Waals surface area contributed by atoms with Crippen molar-refractivity contribution in [3.05, 3.63) is 29.5 Å². The van der Waals surface area contributed by atoms with E-state index in [0.717, 1.165) is 10.2 Å². The van der Waals surface area contributed by atoms with E-state index in [9.17, 15) is 4.79 Å². The molecule has 4 heterocycles. The number of anilines is 2. The molecule has 0 unspecified atom stereocenters. The number of fused-ring (bicyclic) bond motifs is 2. The Labute approximate surface area is 168 Å². The van der Waals surface area contributed by atoms with E-state index in [2.05, 4.69) is 30.6 Å². The molecule has 1 aromatic carbocycles. The highest BCUT2D eigenvalue weighted by atomic mass is 35.5. The summed E-state index contributed by atoms with van der Waals surface area (Å²) in [6.45, 7) is 3.79. The molecule has 0 aliphatic carbocycles. The van der Waals surface area contributed by atoms with Crippen LogP contribution in [0.25, 0.3) is 21.4 Å². The van der Waals surface area contributed by atoms with Gasteiger partial charge in [0.1, 0.15) is 6.33 Å². The summed E-state index contributed by atoms with van der Waals surface area (Å²) in [7, 11) is 0. The van der Waals surface area contributed by atoms with Gasteiger partial charge in [-0.15, -0.1) is 5.10 Å². The maximum Gasteiger partial charge on any atom is 0.232 e. The number of rotatable bonds is 4. The summed E-state index contributed by atoms with van der Waals surface area (Å²) in [4.78, 5) is 27.6. The van der Waals surface area contributed by atoms with Crippen LogP contribution in [0.5, 0.6) is 0 Å². The molecule has 0 spiro atoms. The van der Waals surface area contributed by atoms with Gasteiger partial charge in [0.25, 0.3) is 0 Å². The van der Waals surface area contributed by atoms with Gasteiger partial charge in [0.05, 0.1) is 16.1 Å². The molecule has 0 saturated carbocycles. The normalized spacial score (nSPS) is 14.6. The van der Waals surface area contributed by atoms with Gasteiger partial charge in [-0.2, -0.15) is 0 Å². The van der Waals surface area contributed by atoms with Gasteiger partial charge in [0.15, 0.2) is 22.1 Å². The summed E-state index contributed by atoms with van der Waals surface area (Å²) in [6, 6.07) is 5.48. The van der Waals surface area contributed by atoms with Crippen LogP contribution in [0, 0.1) is 5.92 Å². The van der Waals surface area contributed by atoms with E-state index in [1.165, 1.54) is 17.7 Å². The number of benzene rings is 1. The first-order valence-corrected chi connectivity index (χ1v) is 9.98. The van der Waals surface area contributed by atoms with Crippen LogP contribution < -0.4 is 10.2 Å². The van der Waals surface area contributed by atoms with Crippen LogP contribution >= 0.6 is 22.9 Å². The van der Waals surface area contributed by atoms with Crippen molar-refractivity contribution in [3.63, 3.8) is 0 Å². The zero-order valence-electron chi connectivity index (χ0n) is 14.8. The second-order valence-electron chi connectivity index (χ2n) is 6.50. The van der Waals surface area contributed by atoms with Crippen LogP contribution in [0.4, 0.5) is 10.9 Å². The first-order chi connectivity index (χ1) is 13.6. The molecule has 0 bridgehead atoms. The molecule has 1 aliphatic rings. The van der Waals surface area contributed by atoms with E-state index < -0.39 is 0 Å². The van der Waals surface area contributed by atoms with Gasteiger partial charge in [0.2, 0.25) is 5.91 Å². The summed E-state index contributed by atoms with van der Waals surface area (Å²) >= 11 is 7.42. The zero-order valence-corrected chi connectivity index (χ0v) is 16.4. The molecule has 1 amide bonds. The van der Waals surface area contributed by atoms with Crippen molar-refractivity contribution in [3.8, 4) is 0 Å². The minimum Gasteiger partial charge on any atom is -0.353 e. The number of carbonyl (C=O) groups excluding carboxylic acids is 1. The summed E-state index contributed by atoms with van der Waals surface area (Å²) in [5, 5.41) is 12.4. The van der Waals surface area contributed by atoms with Gasteiger partial charge < -0.3 is 10.2 Å². The van der Waals surface area contributed by atoms with Gasteiger partial charge >= 0.3 is 0 Å². The average molecular weight is 415 g/mol. The fourth-order valence-corrected chi connectivity index (χ4v) is 4.35. The lowest BCUT2D eigenvalue weighted by atomic mass is 9.99. The van der Waals surface area contributed by atoms with Crippen molar-refractivity contribution < 1.29 is 4.79 Å². The highest BCUT2D eigenvalue weighted by Crippen LogP contribution is 2.31. The van der Waals surface area contributed by atoms with Crippen LogP contribution in [0.3, 0.4) is 0 Å². The average Bonchev–Trinajstić information content (AvgIpc) is 3.23. The molecular formula is C17H15ClN8OS. The van der Waals surface area contributed by atoms with E-state index in [0.29, 0.717) is 46.8 Å². The summed E-state index contributed by atoms with van der Waals surface area (Å²) < 4.78 is 2.67. The quantitative estimate of drug-likeness (QED) is 0.547. The van der Waals surface area contributed by atoms with Crippen LogP contribution in [0.2, 0.25) is 5.02 Å². The monoisotopic (exact) mass is 414 g/mol. The number of nitrogens with one attached hydrogen (secondary N) is 1. The van der Waals surface area contributed by atoms with Crippen molar-refractivity contribution in [1.82, 2.24) is 29.9 Å². The molecule has 11 heteroatoms. The number of halogens is 1. The third-order valence-electron chi connectivity index (χ3n) is 4.71. The molecule has 4 aromatic rings. The third-order valence-corrected chi connectivity index (χ3v) is 5.88. The Bertz CT molecular complexity index is 1200. The van der Waals surface area contributed by atoms with Crippen LogP contribution in [-0.4, -0.2) is 48.9 Å². The number of hydrogen-bond donors (Lipinski definition) is 1. The standard InChI is InChI=1S/C17H15ClN8OS/c1-2-26-15-13(23-24-26)14(19-8-20-15)25-6-9(7-25)16(27)22-17-21-11-4-3-10(18)5-12(11)28-17/h3-5,8-9H,2,6-7H2,1H3,(H,21,22,27). The van der Waals surface area contributed by atoms with Crippen LogP contribution in [0.1, 0.15) is 6.92 Å². The lowest BCUT2D eigenvalue weighted by Crippen LogP contribution is -2.52. The number of aromatic nitrogens is 6. The largest absolute Gasteiger partial charge is 0.353 e. The summed E-state index contributed by atoms with van der Waals surface area (Å²) in [5.41, 5.74) is 2.18. The lowest BCUT2D eigenvalue weighted by molar-refractivity contribution is -0.120. The Morgan fingerprint density at radius 2 is 2.21 bits per heavy atom. The van der Waals surface area contributed by atoms with Crippen molar-refractivity contribution in [1.29, 1.82) is 0 Å². The fraction of sp³-hybridized carbons (Fsp3) is 0.294. The smallest absolute Gasteiger partial charge is 0.232 e.